The van der Waals surface area contributed by atoms with Crippen molar-refractivity contribution in [2.75, 3.05) is 33.9 Å². The van der Waals surface area contributed by atoms with Crippen molar-refractivity contribution in [3.05, 3.63) is 23.8 Å². The van der Waals surface area contributed by atoms with Gasteiger partial charge < -0.3 is 24.8 Å². The highest BCUT2D eigenvalue weighted by atomic mass is 16.5. The molecule has 1 aromatic carbocycles. The molecular formula is C17H28N2O4. The van der Waals surface area contributed by atoms with Crippen LogP contribution >= 0.6 is 0 Å². The minimum absolute atomic E-state index is 0.157. The molecule has 130 valence electrons. The average Bonchev–Trinajstić information content (AvgIpc) is 2.54. The molecular weight excluding hydrogens is 296 g/mol. The Balaban J connectivity index is 2.22. The zero-order chi connectivity index (χ0) is 17.1. The summed E-state index contributed by atoms with van der Waals surface area (Å²) in [7, 11) is 3.21. The molecule has 0 atom stereocenters. The van der Waals surface area contributed by atoms with Gasteiger partial charge in [0, 0.05) is 19.7 Å². The number of hydrogen-bond donors (Lipinski definition) is 2. The molecule has 0 aliphatic carbocycles. The molecule has 0 heterocycles. The van der Waals surface area contributed by atoms with E-state index in [4.69, 9.17) is 14.2 Å². The van der Waals surface area contributed by atoms with Crippen molar-refractivity contribution in [3.63, 3.8) is 0 Å². The van der Waals surface area contributed by atoms with Gasteiger partial charge in [-0.25, -0.2) is 4.79 Å². The van der Waals surface area contributed by atoms with Gasteiger partial charge in [-0.1, -0.05) is 6.07 Å². The first-order valence-corrected chi connectivity index (χ1v) is 7.91. The van der Waals surface area contributed by atoms with Crippen molar-refractivity contribution in [3.8, 4) is 11.5 Å². The maximum atomic E-state index is 11.6. The number of amides is 2. The molecule has 0 unspecified atom stereocenters. The molecule has 0 aliphatic heterocycles. The highest BCUT2D eigenvalue weighted by Gasteiger charge is 2.05. The number of rotatable bonds is 10. The van der Waals surface area contributed by atoms with Crippen molar-refractivity contribution < 1.29 is 19.0 Å². The van der Waals surface area contributed by atoms with E-state index in [0.717, 1.165) is 18.4 Å². The van der Waals surface area contributed by atoms with Gasteiger partial charge in [-0.05, 0) is 44.4 Å². The fourth-order valence-corrected chi connectivity index (χ4v) is 2.01. The summed E-state index contributed by atoms with van der Waals surface area (Å²) in [5, 5.41) is 5.64. The highest BCUT2D eigenvalue weighted by Crippen LogP contribution is 2.27. The van der Waals surface area contributed by atoms with Crippen molar-refractivity contribution in [2.24, 2.45) is 0 Å². The number of benzene rings is 1. The van der Waals surface area contributed by atoms with Crippen LogP contribution in [0.3, 0.4) is 0 Å². The van der Waals surface area contributed by atoms with Crippen LogP contribution < -0.4 is 20.1 Å². The Morgan fingerprint density at radius 3 is 2.43 bits per heavy atom. The molecule has 1 aromatic rings. The number of hydrogen-bond acceptors (Lipinski definition) is 4. The average molecular weight is 324 g/mol. The summed E-state index contributed by atoms with van der Waals surface area (Å²) in [5.41, 5.74) is 1.08. The quantitative estimate of drug-likeness (QED) is 0.648. The molecule has 0 bridgehead atoms. The number of urea groups is 1. The van der Waals surface area contributed by atoms with Gasteiger partial charge >= 0.3 is 6.03 Å². The standard InChI is InChI=1S/C17H28N2O4/c1-13(2)23-11-5-9-18-17(20)19-10-8-14-6-7-15(21-3)16(12-14)22-4/h6-7,12-13H,5,8-11H2,1-4H3,(H2,18,19,20). The Kier molecular flexibility index (Phi) is 8.90. The summed E-state index contributed by atoms with van der Waals surface area (Å²) >= 11 is 0. The topological polar surface area (TPSA) is 68.8 Å². The lowest BCUT2D eigenvalue weighted by atomic mass is 10.1. The Morgan fingerprint density at radius 1 is 1.09 bits per heavy atom. The first kappa shape index (κ1) is 19.1. The Labute approximate surface area is 138 Å². The summed E-state index contributed by atoms with van der Waals surface area (Å²) in [6, 6.07) is 5.59. The molecule has 0 aliphatic rings. The van der Waals surface area contributed by atoms with E-state index in [1.165, 1.54) is 0 Å². The minimum atomic E-state index is -0.157. The summed E-state index contributed by atoms with van der Waals surface area (Å²) in [6.07, 6.45) is 1.76. The van der Waals surface area contributed by atoms with E-state index in [1.54, 1.807) is 14.2 Å². The largest absolute Gasteiger partial charge is 0.493 e. The molecule has 6 heteroatoms. The van der Waals surface area contributed by atoms with E-state index in [0.29, 0.717) is 31.2 Å². The molecule has 2 N–H and O–H groups in total. The predicted octanol–water partition coefficient (Wildman–Crippen LogP) is 2.36. The van der Waals surface area contributed by atoms with Crippen LogP contribution in [0.4, 0.5) is 4.79 Å². The van der Waals surface area contributed by atoms with Crippen LogP contribution in [0.15, 0.2) is 18.2 Å². The van der Waals surface area contributed by atoms with Gasteiger partial charge in [0.05, 0.1) is 20.3 Å². The third kappa shape index (κ3) is 7.74. The minimum Gasteiger partial charge on any atom is -0.493 e. The lowest BCUT2D eigenvalue weighted by Crippen LogP contribution is -2.37. The van der Waals surface area contributed by atoms with Crippen LogP contribution in [0.2, 0.25) is 0 Å². The van der Waals surface area contributed by atoms with Gasteiger partial charge in [-0.2, -0.15) is 0 Å². The smallest absolute Gasteiger partial charge is 0.314 e. The van der Waals surface area contributed by atoms with Gasteiger partial charge in [0.15, 0.2) is 11.5 Å². The fraction of sp³-hybridized carbons (Fsp3) is 0.588. The van der Waals surface area contributed by atoms with Gasteiger partial charge in [0.1, 0.15) is 0 Å². The number of carbonyl (C=O) groups excluding carboxylic acids is 1. The number of carbonyl (C=O) groups is 1. The van der Waals surface area contributed by atoms with Gasteiger partial charge in [0.25, 0.3) is 0 Å². The van der Waals surface area contributed by atoms with Gasteiger partial charge in [0.2, 0.25) is 0 Å². The molecule has 1 rings (SSSR count). The van der Waals surface area contributed by atoms with Crippen molar-refractivity contribution in [1.29, 1.82) is 0 Å². The third-order valence-electron chi connectivity index (χ3n) is 3.21. The first-order valence-electron chi connectivity index (χ1n) is 7.91. The van der Waals surface area contributed by atoms with E-state index < -0.39 is 0 Å². The lowest BCUT2D eigenvalue weighted by molar-refractivity contribution is 0.0774. The van der Waals surface area contributed by atoms with E-state index in [1.807, 2.05) is 32.0 Å². The van der Waals surface area contributed by atoms with E-state index in [2.05, 4.69) is 10.6 Å². The van der Waals surface area contributed by atoms with Crippen molar-refractivity contribution in [1.82, 2.24) is 10.6 Å². The van der Waals surface area contributed by atoms with Crippen LogP contribution in [-0.2, 0) is 11.2 Å². The molecule has 0 fully saturated rings. The molecule has 6 nitrogen and oxygen atoms in total. The maximum Gasteiger partial charge on any atom is 0.314 e. The number of methoxy groups -OCH3 is 2. The summed E-state index contributed by atoms with van der Waals surface area (Å²) in [6.45, 7) is 5.81. The second-order valence-corrected chi connectivity index (χ2v) is 5.40. The summed E-state index contributed by atoms with van der Waals surface area (Å²) in [4.78, 5) is 11.6. The fourth-order valence-electron chi connectivity index (χ4n) is 2.01. The Hall–Kier alpha value is -1.95. The lowest BCUT2D eigenvalue weighted by Gasteiger charge is -2.11. The van der Waals surface area contributed by atoms with Crippen LogP contribution in [0, 0.1) is 0 Å². The molecule has 23 heavy (non-hydrogen) atoms. The number of nitrogens with one attached hydrogen (secondary N) is 2. The van der Waals surface area contributed by atoms with Crippen LogP contribution in [0.1, 0.15) is 25.8 Å². The van der Waals surface area contributed by atoms with Crippen LogP contribution in [0.5, 0.6) is 11.5 Å². The molecule has 0 spiro atoms. The Morgan fingerprint density at radius 2 is 1.78 bits per heavy atom. The highest BCUT2D eigenvalue weighted by molar-refractivity contribution is 5.73. The second-order valence-electron chi connectivity index (χ2n) is 5.40. The normalized spacial score (nSPS) is 10.5. The first-order chi connectivity index (χ1) is 11.1. The van der Waals surface area contributed by atoms with Crippen molar-refractivity contribution in [2.45, 2.75) is 32.8 Å². The molecule has 2 amide bonds. The SMILES string of the molecule is COc1ccc(CCNC(=O)NCCCOC(C)C)cc1OC. The van der Waals surface area contributed by atoms with E-state index >= 15 is 0 Å². The van der Waals surface area contributed by atoms with Crippen molar-refractivity contribution >= 4 is 6.03 Å². The number of ether oxygens (including phenoxy) is 3. The van der Waals surface area contributed by atoms with Crippen LogP contribution in [-0.4, -0.2) is 46.1 Å². The van der Waals surface area contributed by atoms with E-state index in [-0.39, 0.29) is 12.1 Å². The Bertz CT molecular complexity index is 478. The zero-order valence-corrected chi connectivity index (χ0v) is 14.5. The predicted molar refractivity (Wildman–Crippen MR) is 90.4 cm³/mol. The maximum absolute atomic E-state index is 11.6. The molecule has 0 saturated heterocycles. The third-order valence-corrected chi connectivity index (χ3v) is 3.21. The monoisotopic (exact) mass is 324 g/mol. The summed E-state index contributed by atoms with van der Waals surface area (Å²) in [5.74, 6) is 1.39. The zero-order valence-electron chi connectivity index (χ0n) is 14.5. The van der Waals surface area contributed by atoms with Crippen LogP contribution in [0.25, 0.3) is 0 Å². The molecule has 0 saturated carbocycles. The van der Waals surface area contributed by atoms with Gasteiger partial charge in [-0.15, -0.1) is 0 Å². The summed E-state index contributed by atoms with van der Waals surface area (Å²) < 4.78 is 15.9. The molecule has 0 radical (unpaired) electrons. The van der Waals surface area contributed by atoms with Gasteiger partial charge in [-0.3, -0.25) is 0 Å². The van der Waals surface area contributed by atoms with E-state index in [9.17, 15) is 4.79 Å². The molecule has 0 aromatic heterocycles. The second kappa shape index (κ2) is 10.7.